The second-order valence-corrected chi connectivity index (χ2v) is 6.60. The monoisotopic (exact) mass is 355 g/mol. The van der Waals surface area contributed by atoms with Gasteiger partial charge in [0.05, 0.1) is 11.4 Å². The number of aromatic nitrogens is 3. The first kappa shape index (κ1) is 18.1. The fourth-order valence-corrected chi connectivity index (χ4v) is 2.72. The molecule has 138 valence electrons. The normalized spacial score (nSPS) is 13.5. The van der Waals surface area contributed by atoms with Crippen LogP contribution in [0, 0.1) is 0 Å². The molecule has 2 N–H and O–H groups in total. The molecule has 26 heavy (non-hydrogen) atoms. The van der Waals surface area contributed by atoms with Crippen LogP contribution >= 0.6 is 0 Å². The molecular formula is C19H25N5O2. The Balaban J connectivity index is 1.82. The van der Waals surface area contributed by atoms with Crippen molar-refractivity contribution >= 4 is 11.8 Å². The Morgan fingerprint density at radius 3 is 2.46 bits per heavy atom. The largest absolute Gasteiger partial charge is 0.352 e. The average molecular weight is 355 g/mol. The number of hydrogen-bond donors (Lipinski definition) is 2. The van der Waals surface area contributed by atoms with Crippen molar-refractivity contribution in [3.05, 3.63) is 41.2 Å². The van der Waals surface area contributed by atoms with Gasteiger partial charge in [-0.25, -0.2) is 4.68 Å². The van der Waals surface area contributed by atoms with Gasteiger partial charge < -0.3 is 10.6 Å². The van der Waals surface area contributed by atoms with E-state index in [-0.39, 0.29) is 17.9 Å². The minimum Gasteiger partial charge on any atom is -0.352 e. The van der Waals surface area contributed by atoms with Crippen molar-refractivity contribution in [3.63, 3.8) is 0 Å². The zero-order valence-electron chi connectivity index (χ0n) is 15.3. The molecule has 1 saturated carbocycles. The summed E-state index contributed by atoms with van der Waals surface area (Å²) in [6.07, 6.45) is 4.55. The van der Waals surface area contributed by atoms with Crippen LogP contribution in [0.15, 0.2) is 24.3 Å². The summed E-state index contributed by atoms with van der Waals surface area (Å²) in [5.41, 5.74) is 2.59. The van der Waals surface area contributed by atoms with Gasteiger partial charge in [-0.2, -0.15) is 0 Å². The summed E-state index contributed by atoms with van der Waals surface area (Å²) in [4.78, 5) is 24.4. The lowest BCUT2D eigenvalue weighted by molar-refractivity contribution is 0.0940. The van der Waals surface area contributed by atoms with E-state index in [2.05, 4.69) is 27.9 Å². The molecular weight excluding hydrogens is 330 g/mol. The van der Waals surface area contributed by atoms with Crippen molar-refractivity contribution in [2.75, 3.05) is 6.54 Å². The summed E-state index contributed by atoms with van der Waals surface area (Å²) >= 11 is 0. The zero-order valence-corrected chi connectivity index (χ0v) is 15.3. The number of nitrogens with zero attached hydrogens (tertiary/aromatic N) is 3. The molecule has 2 amide bonds. The Kier molecular flexibility index (Phi) is 5.65. The number of carbonyl (C=O) groups excluding carboxylic acids is 2. The number of nitrogens with one attached hydrogen (secondary N) is 2. The number of hydrogen-bond acceptors (Lipinski definition) is 4. The minimum atomic E-state index is -0.155. The Bertz CT molecular complexity index is 778. The van der Waals surface area contributed by atoms with E-state index in [1.54, 1.807) is 16.8 Å². The van der Waals surface area contributed by atoms with Gasteiger partial charge in [-0.1, -0.05) is 25.5 Å². The topological polar surface area (TPSA) is 88.9 Å². The van der Waals surface area contributed by atoms with E-state index in [0.29, 0.717) is 24.2 Å². The molecule has 7 nitrogen and oxygen atoms in total. The lowest BCUT2D eigenvalue weighted by atomic mass is 10.1. The van der Waals surface area contributed by atoms with Crippen LogP contribution < -0.4 is 10.6 Å². The molecule has 1 aromatic carbocycles. The van der Waals surface area contributed by atoms with Crippen LogP contribution in [0.2, 0.25) is 0 Å². The molecule has 2 aromatic rings. The van der Waals surface area contributed by atoms with Crippen LogP contribution in [-0.2, 0) is 6.42 Å². The minimum absolute atomic E-state index is 0.0877. The maximum atomic E-state index is 12.4. The third-order valence-corrected chi connectivity index (χ3v) is 4.29. The first-order chi connectivity index (χ1) is 12.6. The Labute approximate surface area is 153 Å². The van der Waals surface area contributed by atoms with E-state index in [1.807, 2.05) is 19.1 Å². The molecule has 0 atom stereocenters. The fraction of sp³-hybridized carbons (Fsp3) is 0.474. The standard InChI is InChI=1S/C19H25N5O2/c1-3-5-16-17(19(26)21-14-8-9-14)22-23-24(16)15-10-6-13(7-11-15)18(25)20-12-4-2/h6-7,10-11,14H,3-5,8-9,12H2,1-2H3,(H,20,25)(H,21,26). The van der Waals surface area contributed by atoms with Crippen molar-refractivity contribution in [1.29, 1.82) is 0 Å². The highest BCUT2D eigenvalue weighted by atomic mass is 16.2. The van der Waals surface area contributed by atoms with Crippen molar-refractivity contribution < 1.29 is 9.59 Å². The summed E-state index contributed by atoms with van der Waals surface area (Å²) in [6, 6.07) is 7.47. The van der Waals surface area contributed by atoms with Gasteiger partial charge in [-0.15, -0.1) is 5.10 Å². The van der Waals surface area contributed by atoms with Crippen molar-refractivity contribution in [1.82, 2.24) is 25.6 Å². The van der Waals surface area contributed by atoms with E-state index < -0.39 is 0 Å². The highest BCUT2D eigenvalue weighted by Crippen LogP contribution is 2.21. The quantitative estimate of drug-likeness (QED) is 0.760. The van der Waals surface area contributed by atoms with E-state index in [1.165, 1.54) is 0 Å². The van der Waals surface area contributed by atoms with Gasteiger partial charge in [-0.05, 0) is 49.9 Å². The molecule has 1 fully saturated rings. The number of benzene rings is 1. The van der Waals surface area contributed by atoms with E-state index >= 15 is 0 Å². The summed E-state index contributed by atoms with van der Waals surface area (Å²) in [6.45, 7) is 4.73. The summed E-state index contributed by atoms with van der Waals surface area (Å²) in [5, 5.41) is 14.1. The molecule has 0 unspecified atom stereocenters. The van der Waals surface area contributed by atoms with Gasteiger partial charge in [0, 0.05) is 18.2 Å². The predicted molar refractivity (Wildman–Crippen MR) is 98.5 cm³/mol. The summed E-state index contributed by atoms with van der Waals surface area (Å²) < 4.78 is 1.69. The van der Waals surface area contributed by atoms with E-state index in [0.717, 1.165) is 37.1 Å². The smallest absolute Gasteiger partial charge is 0.273 e. The second-order valence-electron chi connectivity index (χ2n) is 6.60. The molecule has 7 heteroatoms. The van der Waals surface area contributed by atoms with Crippen LogP contribution in [0.5, 0.6) is 0 Å². The highest BCUT2D eigenvalue weighted by molar-refractivity contribution is 5.94. The molecule has 0 saturated heterocycles. The van der Waals surface area contributed by atoms with Gasteiger partial charge in [0.1, 0.15) is 0 Å². The lowest BCUT2D eigenvalue weighted by Gasteiger charge is -2.09. The lowest BCUT2D eigenvalue weighted by Crippen LogP contribution is -2.27. The van der Waals surface area contributed by atoms with Gasteiger partial charge in [0.15, 0.2) is 5.69 Å². The molecule has 1 aromatic heterocycles. The van der Waals surface area contributed by atoms with Gasteiger partial charge >= 0.3 is 0 Å². The van der Waals surface area contributed by atoms with Crippen LogP contribution in [0.1, 0.15) is 66.1 Å². The van der Waals surface area contributed by atoms with Crippen molar-refractivity contribution in [2.45, 2.75) is 52.0 Å². The zero-order chi connectivity index (χ0) is 18.5. The van der Waals surface area contributed by atoms with Crippen LogP contribution in [-0.4, -0.2) is 39.4 Å². The van der Waals surface area contributed by atoms with Crippen molar-refractivity contribution in [3.8, 4) is 5.69 Å². The number of rotatable bonds is 8. The summed E-state index contributed by atoms with van der Waals surface area (Å²) in [7, 11) is 0. The Morgan fingerprint density at radius 1 is 1.12 bits per heavy atom. The molecule has 1 aliphatic rings. The maximum Gasteiger partial charge on any atom is 0.273 e. The molecule has 0 aliphatic heterocycles. The van der Waals surface area contributed by atoms with Crippen LogP contribution in [0.3, 0.4) is 0 Å². The molecule has 3 rings (SSSR count). The first-order valence-electron chi connectivity index (χ1n) is 9.28. The van der Waals surface area contributed by atoms with Gasteiger partial charge in [0.2, 0.25) is 0 Å². The van der Waals surface area contributed by atoms with Crippen LogP contribution in [0.4, 0.5) is 0 Å². The third-order valence-electron chi connectivity index (χ3n) is 4.29. The second kappa shape index (κ2) is 8.12. The molecule has 0 bridgehead atoms. The van der Waals surface area contributed by atoms with Gasteiger partial charge in [-0.3, -0.25) is 9.59 Å². The third kappa shape index (κ3) is 4.09. The molecule has 1 aliphatic carbocycles. The van der Waals surface area contributed by atoms with Gasteiger partial charge in [0.25, 0.3) is 11.8 Å². The predicted octanol–water partition coefficient (Wildman–Crippen LogP) is 2.25. The SMILES string of the molecule is CCCNC(=O)c1ccc(-n2nnc(C(=O)NC3CC3)c2CCC)cc1. The number of carbonyl (C=O) groups is 2. The average Bonchev–Trinajstić information content (AvgIpc) is 3.37. The highest BCUT2D eigenvalue weighted by Gasteiger charge is 2.27. The maximum absolute atomic E-state index is 12.4. The first-order valence-corrected chi connectivity index (χ1v) is 9.28. The Hall–Kier alpha value is -2.70. The molecule has 0 spiro atoms. The fourth-order valence-electron chi connectivity index (χ4n) is 2.72. The van der Waals surface area contributed by atoms with Crippen molar-refractivity contribution in [2.24, 2.45) is 0 Å². The molecule has 1 heterocycles. The summed E-state index contributed by atoms with van der Waals surface area (Å²) in [5.74, 6) is -0.243. The molecule has 0 radical (unpaired) electrons. The Morgan fingerprint density at radius 2 is 1.85 bits per heavy atom. The number of amides is 2. The van der Waals surface area contributed by atoms with E-state index in [4.69, 9.17) is 0 Å². The van der Waals surface area contributed by atoms with E-state index in [9.17, 15) is 9.59 Å². The van der Waals surface area contributed by atoms with Crippen LogP contribution in [0.25, 0.3) is 5.69 Å².